The number of benzene rings is 1. The first-order valence-electron chi connectivity index (χ1n) is 6.35. The van der Waals surface area contributed by atoms with E-state index in [-0.39, 0.29) is 12.4 Å². The lowest BCUT2D eigenvalue weighted by atomic mass is 10.1. The first-order chi connectivity index (χ1) is 9.52. The molecule has 0 spiro atoms. The smallest absolute Gasteiger partial charge is 0.344 e. The van der Waals surface area contributed by atoms with Gasteiger partial charge in [-0.1, -0.05) is 0 Å². The van der Waals surface area contributed by atoms with Gasteiger partial charge in [0.05, 0.1) is 12.2 Å². The number of Topliss-reactive ketones (excluding diaryl/α,β-unsaturated/α-hetero) is 1. The number of hydrogen-bond acceptors (Lipinski definition) is 5. The SMILES string of the molecule is CCOC(=O)COc1ccc2c(c1)OC(=C(C)C)C2=O. The van der Waals surface area contributed by atoms with Crippen LogP contribution < -0.4 is 9.47 Å². The standard InChI is InChI=1S/C15H16O5/c1-4-18-13(16)8-19-10-5-6-11-12(7-10)20-15(9(2)3)14(11)17/h5-7H,4,8H2,1-3H3. The molecule has 0 saturated heterocycles. The van der Waals surface area contributed by atoms with Crippen molar-refractivity contribution in [3.8, 4) is 11.5 Å². The van der Waals surface area contributed by atoms with E-state index < -0.39 is 5.97 Å². The molecule has 0 atom stereocenters. The summed E-state index contributed by atoms with van der Waals surface area (Å²) in [6.45, 7) is 5.51. The van der Waals surface area contributed by atoms with Crippen molar-refractivity contribution >= 4 is 11.8 Å². The summed E-state index contributed by atoms with van der Waals surface area (Å²) in [7, 11) is 0. The third-order valence-corrected chi connectivity index (χ3v) is 2.73. The maximum absolute atomic E-state index is 12.0. The van der Waals surface area contributed by atoms with Gasteiger partial charge >= 0.3 is 5.97 Å². The zero-order valence-electron chi connectivity index (χ0n) is 11.7. The van der Waals surface area contributed by atoms with E-state index >= 15 is 0 Å². The fourth-order valence-corrected chi connectivity index (χ4v) is 1.82. The second-order valence-electron chi connectivity index (χ2n) is 4.51. The summed E-state index contributed by atoms with van der Waals surface area (Å²) < 4.78 is 15.6. The van der Waals surface area contributed by atoms with Crippen molar-refractivity contribution in [2.45, 2.75) is 20.8 Å². The van der Waals surface area contributed by atoms with Gasteiger partial charge in [0.25, 0.3) is 0 Å². The molecule has 106 valence electrons. The minimum Gasteiger partial charge on any atom is -0.482 e. The molecule has 0 fully saturated rings. The second-order valence-corrected chi connectivity index (χ2v) is 4.51. The number of hydrogen-bond donors (Lipinski definition) is 0. The normalized spacial score (nSPS) is 12.8. The number of fused-ring (bicyclic) bond motifs is 1. The molecular weight excluding hydrogens is 260 g/mol. The van der Waals surface area contributed by atoms with Crippen molar-refractivity contribution in [1.82, 2.24) is 0 Å². The van der Waals surface area contributed by atoms with E-state index in [0.29, 0.717) is 29.4 Å². The van der Waals surface area contributed by atoms with Crippen LogP contribution in [0.25, 0.3) is 0 Å². The largest absolute Gasteiger partial charge is 0.482 e. The van der Waals surface area contributed by atoms with E-state index in [2.05, 4.69) is 0 Å². The summed E-state index contributed by atoms with van der Waals surface area (Å²) in [6, 6.07) is 4.86. The average Bonchev–Trinajstić information content (AvgIpc) is 2.74. The van der Waals surface area contributed by atoms with Gasteiger partial charge in [-0.2, -0.15) is 0 Å². The van der Waals surface area contributed by atoms with Gasteiger partial charge < -0.3 is 14.2 Å². The maximum Gasteiger partial charge on any atom is 0.344 e. The molecule has 0 amide bonds. The number of rotatable bonds is 4. The lowest BCUT2D eigenvalue weighted by Crippen LogP contribution is -2.14. The molecule has 0 aromatic heterocycles. The molecule has 1 aromatic carbocycles. The highest BCUT2D eigenvalue weighted by Crippen LogP contribution is 2.35. The van der Waals surface area contributed by atoms with Crippen LogP contribution in [0.15, 0.2) is 29.5 Å². The molecule has 5 nitrogen and oxygen atoms in total. The summed E-state index contributed by atoms with van der Waals surface area (Å²) in [5.74, 6) is 0.696. The first-order valence-corrected chi connectivity index (χ1v) is 6.35. The quantitative estimate of drug-likeness (QED) is 0.624. The molecule has 0 saturated carbocycles. The van der Waals surface area contributed by atoms with Crippen molar-refractivity contribution < 1.29 is 23.8 Å². The van der Waals surface area contributed by atoms with Crippen molar-refractivity contribution in [2.24, 2.45) is 0 Å². The van der Waals surface area contributed by atoms with Crippen LogP contribution in [0.4, 0.5) is 0 Å². The van der Waals surface area contributed by atoms with E-state index in [4.69, 9.17) is 14.2 Å². The molecule has 1 aliphatic heterocycles. The Kier molecular flexibility index (Phi) is 4.08. The zero-order valence-corrected chi connectivity index (χ0v) is 11.7. The summed E-state index contributed by atoms with van der Waals surface area (Å²) in [5, 5.41) is 0. The summed E-state index contributed by atoms with van der Waals surface area (Å²) in [6.07, 6.45) is 0. The molecule has 0 radical (unpaired) electrons. The predicted octanol–water partition coefficient (Wildman–Crippen LogP) is 2.50. The highest BCUT2D eigenvalue weighted by Gasteiger charge is 2.28. The Morgan fingerprint density at radius 1 is 1.30 bits per heavy atom. The van der Waals surface area contributed by atoms with Crippen LogP contribution in [0.1, 0.15) is 31.1 Å². The summed E-state index contributed by atoms with van der Waals surface area (Å²) >= 11 is 0. The van der Waals surface area contributed by atoms with E-state index in [1.165, 1.54) is 0 Å². The molecule has 0 N–H and O–H groups in total. The van der Waals surface area contributed by atoms with E-state index in [1.54, 1.807) is 25.1 Å². The average molecular weight is 276 g/mol. The summed E-state index contributed by atoms with van der Waals surface area (Å²) in [5.41, 5.74) is 1.32. The number of carbonyl (C=O) groups is 2. The Morgan fingerprint density at radius 2 is 2.05 bits per heavy atom. The molecule has 0 unspecified atom stereocenters. The molecule has 1 aromatic rings. The van der Waals surface area contributed by atoms with Crippen molar-refractivity contribution in [1.29, 1.82) is 0 Å². The van der Waals surface area contributed by atoms with Crippen LogP contribution >= 0.6 is 0 Å². The van der Waals surface area contributed by atoms with Crippen LogP contribution in [0.2, 0.25) is 0 Å². The topological polar surface area (TPSA) is 61.8 Å². The molecule has 2 rings (SSSR count). The Bertz CT molecular complexity index is 582. The molecule has 5 heteroatoms. The summed E-state index contributed by atoms with van der Waals surface area (Å²) in [4.78, 5) is 23.2. The minimum absolute atomic E-state index is 0.128. The monoisotopic (exact) mass is 276 g/mol. The number of ketones is 1. The van der Waals surface area contributed by atoms with Crippen LogP contribution in [0.3, 0.4) is 0 Å². The van der Waals surface area contributed by atoms with Crippen molar-refractivity contribution in [3.05, 3.63) is 35.1 Å². The van der Waals surface area contributed by atoms with Crippen molar-refractivity contribution in [3.63, 3.8) is 0 Å². The molecule has 0 bridgehead atoms. The first kappa shape index (κ1) is 14.1. The van der Waals surface area contributed by atoms with E-state index in [9.17, 15) is 9.59 Å². The Hall–Kier alpha value is -2.30. The van der Waals surface area contributed by atoms with Gasteiger partial charge in [-0.15, -0.1) is 0 Å². The highest BCUT2D eigenvalue weighted by atomic mass is 16.6. The second kappa shape index (κ2) is 5.77. The van der Waals surface area contributed by atoms with Gasteiger partial charge in [-0.25, -0.2) is 4.79 Å². The third-order valence-electron chi connectivity index (χ3n) is 2.73. The Balaban J connectivity index is 2.12. The lowest BCUT2D eigenvalue weighted by molar-refractivity contribution is -0.145. The number of allylic oxidation sites excluding steroid dienone is 2. The molecule has 1 aliphatic rings. The Labute approximate surface area is 117 Å². The fraction of sp³-hybridized carbons (Fsp3) is 0.333. The van der Waals surface area contributed by atoms with E-state index in [0.717, 1.165) is 5.57 Å². The predicted molar refractivity (Wildman–Crippen MR) is 71.9 cm³/mol. The van der Waals surface area contributed by atoms with Crippen LogP contribution in [-0.4, -0.2) is 25.0 Å². The fourth-order valence-electron chi connectivity index (χ4n) is 1.82. The van der Waals surface area contributed by atoms with Gasteiger partial charge in [0.2, 0.25) is 5.78 Å². The van der Waals surface area contributed by atoms with Crippen LogP contribution in [0.5, 0.6) is 11.5 Å². The lowest BCUT2D eigenvalue weighted by Gasteiger charge is -2.06. The van der Waals surface area contributed by atoms with Crippen molar-refractivity contribution in [2.75, 3.05) is 13.2 Å². The van der Waals surface area contributed by atoms with Gasteiger partial charge in [-0.05, 0) is 38.5 Å². The highest BCUT2D eigenvalue weighted by molar-refractivity contribution is 6.12. The van der Waals surface area contributed by atoms with Gasteiger partial charge in [-0.3, -0.25) is 4.79 Å². The molecule has 0 aliphatic carbocycles. The minimum atomic E-state index is -0.435. The van der Waals surface area contributed by atoms with Crippen LogP contribution in [-0.2, 0) is 9.53 Å². The number of ether oxygens (including phenoxy) is 3. The van der Waals surface area contributed by atoms with Crippen LogP contribution in [0, 0.1) is 0 Å². The Morgan fingerprint density at radius 3 is 2.70 bits per heavy atom. The zero-order chi connectivity index (χ0) is 14.7. The molecule has 20 heavy (non-hydrogen) atoms. The van der Waals surface area contributed by atoms with Gasteiger partial charge in [0.1, 0.15) is 11.5 Å². The van der Waals surface area contributed by atoms with E-state index in [1.807, 2.05) is 13.8 Å². The van der Waals surface area contributed by atoms with Gasteiger partial charge in [0.15, 0.2) is 12.4 Å². The number of esters is 1. The number of carbonyl (C=O) groups excluding carboxylic acids is 2. The maximum atomic E-state index is 12.0. The van der Waals surface area contributed by atoms with Gasteiger partial charge in [0, 0.05) is 6.07 Å². The molecule has 1 heterocycles. The third kappa shape index (κ3) is 2.82. The molecular formula is C15H16O5.